The van der Waals surface area contributed by atoms with Crippen molar-refractivity contribution in [3.05, 3.63) is 72.9 Å². The fourth-order valence-electron chi connectivity index (χ4n) is 6.59. The third-order valence-electron chi connectivity index (χ3n) is 10.4. The number of hydrogen-bond donors (Lipinski definition) is 8. The summed E-state index contributed by atoms with van der Waals surface area (Å²) in [5.41, 5.74) is 0. The second-order valence-electron chi connectivity index (χ2n) is 16.3. The van der Waals surface area contributed by atoms with Gasteiger partial charge in [-0.25, -0.2) is 9.13 Å². The van der Waals surface area contributed by atoms with E-state index in [1.54, 1.807) is 6.08 Å². The number of ether oxygens (including phenoxy) is 2. The van der Waals surface area contributed by atoms with Gasteiger partial charge in [0.15, 0.2) is 6.10 Å². The highest BCUT2D eigenvalue weighted by molar-refractivity contribution is 7.47. The minimum Gasteiger partial charge on any atom is -0.462 e. The average molecular weight is 979 g/mol. The summed E-state index contributed by atoms with van der Waals surface area (Å²) >= 11 is 0. The van der Waals surface area contributed by atoms with Gasteiger partial charge in [0.1, 0.15) is 43.2 Å². The van der Waals surface area contributed by atoms with E-state index in [9.17, 15) is 49.1 Å². The molecule has 0 amide bonds. The van der Waals surface area contributed by atoms with Crippen LogP contribution in [0.3, 0.4) is 0 Å². The molecule has 1 fully saturated rings. The summed E-state index contributed by atoms with van der Waals surface area (Å²) in [6.07, 6.45) is 26.7. The quantitative estimate of drug-likeness (QED) is 0.00963. The molecular weight excluding hydrogens is 898 g/mol. The summed E-state index contributed by atoms with van der Waals surface area (Å²) in [7, 11) is -10.7. The topological polar surface area (TPSA) is 276 Å². The van der Waals surface area contributed by atoms with Crippen LogP contribution in [0.4, 0.5) is 0 Å². The van der Waals surface area contributed by atoms with E-state index >= 15 is 0 Å². The van der Waals surface area contributed by atoms with Gasteiger partial charge < -0.3 is 49.7 Å². The van der Waals surface area contributed by atoms with Crippen LogP contribution in [-0.2, 0) is 41.8 Å². The molecule has 5 unspecified atom stereocenters. The van der Waals surface area contributed by atoms with Crippen molar-refractivity contribution >= 4 is 27.6 Å². The van der Waals surface area contributed by atoms with Gasteiger partial charge in [-0.1, -0.05) is 138 Å². The number of carbonyl (C=O) groups is 2. The summed E-state index contributed by atoms with van der Waals surface area (Å²) in [5, 5.41) is 50.7. The van der Waals surface area contributed by atoms with E-state index in [1.807, 2.05) is 49.5 Å². The van der Waals surface area contributed by atoms with E-state index in [-0.39, 0.29) is 12.8 Å². The zero-order chi connectivity index (χ0) is 49.1. The summed E-state index contributed by atoms with van der Waals surface area (Å²) in [6.45, 7) is 2.71. The molecule has 8 N–H and O–H groups in total. The lowest BCUT2D eigenvalue weighted by Crippen LogP contribution is -2.64. The fraction of sp³-hybridized carbons (Fsp3) is 0.702. The van der Waals surface area contributed by atoms with Crippen LogP contribution >= 0.6 is 15.6 Å². The molecule has 1 aliphatic rings. The summed E-state index contributed by atoms with van der Waals surface area (Å²) in [5.74, 6) is -1.31. The van der Waals surface area contributed by atoms with Crippen LogP contribution in [0.1, 0.15) is 149 Å². The lowest BCUT2D eigenvalue weighted by molar-refractivity contribution is -0.216. The molecule has 66 heavy (non-hydrogen) atoms. The number of aliphatic hydroxyl groups is 5. The molecule has 0 heterocycles. The summed E-state index contributed by atoms with van der Waals surface area (Å²) < 4.78 is 49.3. The van der Waals surface area contributed by atoms with E-state index in [1.165, 1.54) is 38.5 Å². The van der Waals surface area contributed by atoms with E-state index < -0.39 is 89.6 Å². The molecule has 0 aromatic carbocycles. The third-order valence-corrected chi connectivity index (χ3v) is 11.9. The molecule has 1 rings (SSSR count). The van der Waals surface area contributed by atoms with Crippen LogP contribution in [-0.4, -0.2) is 114 Å². The fourth-order valence-corrected chi connectivity index (χ4v) is 8.13. The number of allylic oxidation sites excluding steroid dienone is 11. The van der Waals surface area contributed by atoms with Crippen LogP contribution in [0.25, 0.3) is 0 Å². The molecule has 0 bridgehead atoms. The lowest BCUT2D eigenvalue weighted by atomic mass is 9.85. The van der Waals surface area contributed by atoms with Gasteiger partial charge in [0.05, 0.1) is 12.7 Å². The first-order valence-electron chi connectivity index (χ1n) is 23.6. The van der Waals surface area contributed by atoms with Gasteiger partial charge in [-0.05, 0) is 70.6 Å². The first kappa shape index (κ1) is 61.4. The molecule has 17 nitrogen and oxygen atoms in total. The zero-order valence-electron chi connectivity index (χ0n) is 39.0. The van der Waals surface area contributed by atoms with E-state index in [2.05, 4.69) is 35.8 Å². The minimum absolute atomic E-state index is 0.0529. The smallest absolute Gasteiger partial charge is 0.462 e. The van der Waals surface area contributed by atoms with Crippen LogP contribution < -0.4 is 0 Å². The lowest BCUT2D eigenvalue weighted by Gasteiger charge is -2.43. The van der Waals surface area contributed by atoms with Crippen molar-refractivity contribution in [2.24, 2.45) is 0 Å². The largest absolute Gasteiger partial charge is 0.472 e. The standard InChI is InChI=1S/C47H80O17P2/c1-3-5-6-7-8-9-10-11-12-16-19-22-25-28-31-34-40(49)60-36-39(37-61-66(58,59)64-47-44(53)42(51)43(52)46(45(47)54)63-65(55,56)57)62-41(50)35-32-29-26-23-20-17-14-13-15-18-21-24-27-30-33-38(48)4-2/h11-12,14-15,17-18,23-24,26-27,30,33,38-39,42-48,51-54H,3-10,13,16,19-22,25,28-29,31-32,34-37H2,1-2H3,(H,58,59)(H2,55,56,57)/b12-11-,17-14-,18-15-,26-23-,27-24-,33-30+/t38-,39-,42?,43?,44?,45?,46-,47+/m1/s1. The number of carbonyl (C=O) groups excluding carboxylic acids is 2. The molecule has 9 atom stereocenters. The second kappa shape index (κ2) is 37.3. The molecule has 19 heteroatoms. The predicted molar refractivity (Wildman–Crippen MR) is 252 cm³/mol. The monoisotopic (exact) mass is 978 g/mol. The van der Waals surface area contributed by atoms with Gasteiger partial charge in [0.2, 0.25) is 0 Å². The van der Waals surface area contributed by atoms with Crippen LogP contribution in [0.5, 0.6) is 0 Å². The Kier molecular flexibility index (Phi) is 34.7. The van der Waals surface area contributed by atoms with E-state index in [0.29, 0.717) is 32.1 Å². The number of unbranched alkanes of at least 4 members (excludes halogenated alkanes) is 12. The average Bonchev–Trinajstić information content (AvgIpc) is 3.27. The van der Waals surface area contributed by atoms with Crippen molar-refractivity contribution in [1.29, 1.82) is 0 Å². The maximum absolute atomic E-state index is 13.0. The molecule has 0 aromatic rings. The molecule has 1 saturated carbocycles. The second-order valence-corrected chi connectivity index (χ2v) is 18.9. The number of phosphoric ester groups is 2. The maximum atomic E-state index is 13.0. The van der Waals surface area contributed by atoms with Gasteiger partial charge in [0, 0.05) is 12.8 Å². The van der Waals surface area contributed by atoms with Crippen molar-refractivity contribution < 1.29 is 82.0 Å². The molecule has 0 saturated heterocycles. The number of esters is 2. The Balaban J connectivity index is 2.66. The van der Waals surface area contributed by atoms with Gasteiger partial charge in [0.25, 0.3) is 0 Å². The van der Waals surface area contributed by atoms with Crippen molar-refractivity contribution in [2.75, 3.05) is 13.2 Å². The van der Waals surface area contributed by atoms with Crippen LogP contribution in [0, 0.1) is 0 Å². The maximum Gasteiger partial charge on any atom is 0.472 e. The molecular formula is C47H80O17P2. The Labute approximate surface area is 392 Å². The molecule has 0 spiro atoms. The molecule has 0 aromatic heterocycles. The summed E-state index contributed by atoms with van der Waals surface area (Å²) in [6, 6.07) is 0. The first-order valence-corrected chi connectivity index (χ1v) is 26.6. The van der Waals surface area contributed by atoms with Crippen molar-refractivity contribution in [3.8, 4) is 0 Å². The van der Waals surface area contributed by atoms with Crippen molar-refractivity contribution in [1.82, 2.24) is 0 Å². The van der Waals surface area contributed by atoms with Crippen molar-refractivity contribution in [2.45, 2.75) is 198 Å². The number of hydrogen-bond acceptors (Lipinski definition) is 14. The zero-order valence-corrected chi connectivity index (χ0v) is 40.7. The Bertz CT molecular complexity index is 1570. The minimum atomic E-state index is -5.38. The Morgan fingerprint density at radius 3 is 1.65 bits per heavy atom. The van der Waals surface area contributed by atoms with Crippen LogP contribution in [0.15, 0.2) is 72.9 Å². The first-order chi connectivity index (χ1) is 31.5. The Morgan fingerprint density at radius 2 is 1.06 bits per heavy atom. The SMILES string of the molecule is CCCCCCCC/C=C\CCCCCCCC(=O)OC[C@H](COP(=O)(O)O[C@H]1C(O)C(O)C(O)[C@@H](OP(=O)(O)O)C1O)OC(=O)CCC/C=C\C/C=C\C/C=C\C/C=C\C=C\[C@H](O)CC. The number of phosphoric acid groups is 2. The molecule has 0 aliphatic heterocycles. The van der Waals surface area contributed by atoms with E-state index in [0.717, 1.165) is 51.4 Å². The molecule has 1 aliphatic carbocycles. The highest BCUT2D eigenvalue weighted by atomic mass is 31.2. The molecule has 0 radical (unpaired) electrons. The van der Waals surface area contributed by atoms with Gasteiger partial charge in [-0.15, -0.1) is 0 Å². The third kappa shape index (κ3) is 31.4. The van der Waals surface area contributed by atoms with Gasteiger partial charge >= 0.3 is 27.6 Å². The number of rotatable bonds is 38. The summed E-state index contributed by atoms with van der Waals surface area (Å²) in [4.78, 5) is 54.2. The highest BCUT2D eigenvalue weighted by Crippen LogP contribution is 2.49. The normalized spacial score (nSPS) is 22.6. The number of aliphatic hydroxyl groups excluding tert-OH is 5. The van der Waals surface area contributed by atoms with E-state index in [4.69, 9.17) is 28.3 Å². The molecule has 380 valence electrons. The Morgan fingerprint density at radius 1 is 0.561 bits per heavy atom. The van der Waals surface area contributed by atoms with Crippen LogP contribution in [0.2, 0.25) is 0 Å². The van der Waals surface area contributed by atoms with Gasteiger partial charge in [-0.2, -0.15) is 0 Å². The highest BCUT2D eigenvalue weighted by Gasteiger charge is 2.54. The Hall–Kier alpha value is -2.60. The van der Waals surface area contributed by atoms with Crippen molar-refractivity contribution in [3.63, 3.8) is 0 Å². The predicted octanol–water partition coefficient (Wildman–Crippen LogP) is 7.81. The van der Waals surface area contributed by atoms with Gasteiger partial charge in [-0.3, -0.25) is 23.2 Å².